The van der Waals surface area contributed by atoms with Gasteiger partial charge in [0.05, 0.1) is 0 Å². The Kier molecular flexibility index (Phi) is 4.87. The molecule has 2 aromatic rings. The largest absolute Gasteiger partial charge is 0.330 e. The zero-order valence-electron chi connectivity index (χ0n) is 10.9. The molecule has 0 spiro atoms. The van der Waals surface area contributed by atoms with E-state index >= 15 is 0 Å². The van der Waals surface area contributed by atoms with Crippen LogP contribution in [0, 0.1) is 6.92 Å². The Hall–Kier alpha value is -1.02. The normalized spacial score (nSPS) is 12.4. The van der Waals surface area contributed by atoms with Crippen molar-refractivity contribution < 1.29 is 0 Å². The quantitative estimate of drug-likeness (QED) is 0.877. The average Bonchev–Trinajstić information content (AvgIpc) is 2.37. The summed E-state index contributed by atoms with van der Waals surface area (Å²) in [6.07, 6.45) is 0.849. The first-order valence-electron chi connectivity index (χ1n) is 6.31. The van der Waals surface area contributed by atoms with Crippen LogP contribution >= 0.6 is 23.2 Å². The highest BCUT2D eigenvalue weighted by Crippen LogP contribution is 2.33. The van der Waals surface area contributed by atoms with Crippen LogP contribution in [0.5, 0.6) is 0 Å². The lowest BCUT2D eigenvalue weighted by Crippen LogP contribution is -2.16. The van der Waals surface area contributed by atoms with Gasteiger partial charge in [-0.2, -0.15) is 0 Å². The van der Waals surface area contributed by atoms with Crippen molar-refractivity contribution >= 4 is 23.2 Å². The molecule has 19 heavy (non-hydrogen) atoms. The standard InChI is InChI=1S/C16H17Cl2N/c1-11-4-2-5-12(8-11)9-13(10-19)16-14(17)6-3-7-15(16)18/h2-8,13H,9-10,19H2,1H3. The second-order valence-electron chi connectivity index (χ2n) is 4.76. The first kappa shape index (κ1) is 14.4. The van der Waals surface area contributed by atoms with Crippen LogP contribution in [0.25, 0.3) is 0 Å². The van der Waals surface area contributed by atoms with E-state index in [2.05, 4.69) is 31.2 Å². The second-order valence-corrected chi connectivity index (χ2v) is 5.58. The van der Waals surface area contributed by atoms with Crippen LogP contribution in [0.1, 0.15) is 22.6 Å². The maximum Gasteiger partial charge on any atom is 0.0456 e. The van der Waals surface area contributed by atoms with Gasteiger partial charge in [0.2, 0.25) is 0 Å². The number of aryl methyl sites for hydroxylation is 1. The molecule has 0 aliphatic heterocycles. The van der Waals surface area contributed by atoms with Gasteiger partial charge in [0, 0.05) is 16.0 Å². The molecule has 0 aliphatic carbocycles. The van der Waals surface area contributed by atoms with Crippen LogP contribution < -0.4 is 5.73 Å². The highest BCUT2D eigenvalue weighted by Gasteiger charge is 2.17. The van der Waals surface area contributed by atoms with Gasteiger partial charge < -0.3 is 5.73 Å². The Labute approximate surface area is 124 Å². The lowest BCUT2D eigenvalue weighted by atomic mass is 9.91. The molecule has 0 radical (unpaired) electrons. The zero-order valence-corrected chi connectivity index (χ0v) is 12.4. The minimum atomic E-state index is 0.142. The van der Waals surface area contributed by atoms with Gasteiger partial charge in [-0.3, -0.25) is 0 Å². The van der Waals surface area contributed by atoms with Crippen LogP contribution in [0.4, 0.5) is 0 Å². The molecule has 1 unspecified atom stereocenters. The van der Waals surface area contributed by atoms with Crippen molar-refractivity contribution in [1.29, 1.82) is 0 Å². The number of nitrogens with two attached hydrogens (primary N) is 1. The van der Waals surface area contributed by atoms with Gasteiger partial charge in [0.15, 0.2) is 0 Å². The molecule has 100 valence electrons. The number of hydrogen-bond donors (Lipinski definition) is 1. The second kappa shape index (κ2) is 6.42. The molecule has 0 amide bonds. The van der Waals surface area contributed by atoms with E-state index in [1.165, 1.54) is 11.1 Å². The Balaban J connectivity index is 2.30. The predicted molar refractivity (Wildman–Crippen MR) is 83.1 cm³/mol. The summed E-state index contributed by atoms with van der Waals surface area (Å²) in [5.41, 5.74) is 9.37. The summed E-state index contributed by atoms with van der Waals surface area (Å²) >= 11 is 12.5. The van der Waals surface area contributed by atoms with Crippen molar-refractivity contribution in [2.45, 2.75) is 19.3 Å². The number of benzene rings is 2. The average molecular weight is 294 g/mol. The molecule has 0 aliphatic rings. The predicted octanol–water partition coefficient (Wildman–Crippen LogP) is 4.59. The van der Waals surface area contributed by atoms with Gasteiger partial charge in [0.1, 0.15) is 0 Å². The molecule has 0 aromatic heterocycles. The molecule has 2 rings (SSSR count). The van der Waals surface area contributed by atoms with Crippen molar-refractivity contribution in [3.05, 3.63) is 69.2 Å². The molecule has 0 fully saturated rings. The minimum Gasteiger partial charge on any atom is -0.330 e. The van der Waals surface area contributed by atoms with Gasteiger partial charge in [-0.05, 0) is 43.1 Å². The summed E-state index contributed by atoms with van der Waals surface area (Å²) in [5, 5.41) is 1.38. The smallest absolute Gasteiger partial charge is 0.0456 e. The third-order valence-corrected chi connectivity index (χ3v) is 3.92. The molecule has 0 saturated carbocycles. The SMILES string of the molecule is Cc1cccc(CC(CN)c2c(Cl)cccc2Cl)c1. The summed E-state index contributed by atoms with van der Waals surface area (Å²) in [6, 6.07) is 14.0. The van der Waals surface area contributed by atoms with E-state index in [-0.39, 0.29) is 5.92 Å². The Morgan fingerprint density at radius 2 is 1.68 bits per heavy atom. The van der Waals surface area contributed by atoms with Crippen molar-refractivity contribution in [3.63, 3.8) is 0 Å². The maximum atomic E-state index is 6.26. The third kappa shape index (κ3) is 3.50. The first-order chi connectivity index (χ1) is 9.11. The summed E-state index contributed by atoms with van der Waals surface area (Å²) in [7, 11) is 0. The Morgan fingerprint density at radius 3 is 2.26 bits per heavy atom. The van der Waals surface area contributed by atoms with Crippen molar-refractivity contribution in [2.75, 3.05) is 6.54 Å². The molecule has 1 atom stereocenters. The van der Waals surface area contributed by atoms with Gasteiger partial charge >= 0.3 is 0 Å². The molecule has 2 N–H and O–H groups in total. The number of rotatable bonds is 4. The van der Waals surface area contributed by atoms with Crippen LogP contribution in [-0.4, -0.2) is 6.54 Å². The van der Waals surface area contributed by atoms with Crippen molar-refractivity contribution in [3.8, 4) is 0 Å². The van der Waals surface area contributed by atoms with Crippen LogP contribution in [0.3, 0.4) is 0 Å². The zero-order chi connectivity index (χ0) is 13.8. The number of hydrogen-bond acceptors (Lipinski definition) is 1. The van der Waals surface area contributed by atoms with E-state index in [9.17, 15) is 0 Å². The molecule has 0 heterocycles. The van der Waals surface area contributed by atoms with Gasteiger partial charge in [0.25, 0.3) is 0 Å². The van der Waals surface area contributed by atoms with Gasteiger partial charge in [-0.15, -0.1) is 0 Å². The first-order valence-corrected chi connectivity index (χ1v) is 7.07. The fourth-order valence-corrected chi connectivity index (χ4v) is 3.03. The van der Waals surface area contributed by atoms with Crippen LogP contribution in [-0.2, 0) is 6.42 Å². The van der Waals surface area contributed by atoms with Crippen LogP contribution in [0.15, 0.2) is 42.5 Å². The molecule has 0 bridgehead atoms. The molecular formula is C16H17Cl2N. The summed E-state index contributed by atoms with van der Waals surface area (Å²) in [5.74, 6) is 0.142. The summed E-state index contributed by atoms with van der Waals surface area (Å²) < 4.78 is 0. The van der Waals surface area contributed by atoms with E-state index in [1.807, 2.05) is 18.2 Å². The lowest BCUT2D eigenvalue weighted by Gasteiger charge is -2.18. The van der Waals surface area contributed by atoms with Gasteiger partial charge in [-0.25, -0.2) is 0 Å². The van der Waals surface area contributed by atoms with Crippen molar-refractivity contribution in [2.24, 2.45) is 5.73 Å². The van der Waals surface area contributed by atoms with E-state index in [4.69, 9.17) is 28.9 Å². The van der Waals surface area contributed by atoms with E-state index in [0.29, 0.717) is 16.6 Å². The lowest BCUT2D eigenvalue weighted by molar-refractivity contribution is 0.694. The fraction of sp³-hybridized carbons (Fsp3) is 0.250. The highest BCUT2D eigenvalue weighted by molar-refractivity contribution is 6.36. The minimum absolute atomic E-state index is 0.142. The Bertz CT molecular complexity index is 546. The molecule has 1 nitrogen and oxygen atoms in total. The van der Waals surface area contributed by atoms with E-state index < -0.39 is 0 Å². The molecule has 3 heteroatoms. The topological polar surface area (TPSA) is 26.0 Å². The maximum absolute atomic E-state index is 6.26. The molecule has 0 saturated heterocycles. The van der Waals surface area contributed by atoms with Crippen molar-refractivity contribution in [1.82, 2.24) is 0 Å². The summed E-state index contributed by atoms with van der Waals surface area (Å²) in [6.45, 7) is 2.61. The monoisotopic (exact) mass is 293 g/mol. The highest BCUT2D eigenvalue weighted by atomic mass is 35.5. The fourth-order valence-electron chi connectivity index (χ4n) is 2.33. The van der Waals surface area contributed by atoms with Crippen LogP contribution in [0.2, 0.25) is 10.0 Å². The Morgan fingerprint density at radius 1 is 1.05 bits per heavy atom. The van der Waals surface area contributed by atoms with E-state index in [0.717, 1.165) is 12.0 Å². The van der Waals surface area contributed by atoms with E-state index in [1.54, 1.807) is 0 Å². The summed E-state index contributed by atoms with van der Waals surface area (Å²) in [4.78, 5) is 0. The molecule has 2 aromatic carbocycles. The number of halogens is 2. The van der Waals surface area contributed by atoms with Gasteiger partial charge in [-0.1, -0.05) is 59.1 Å². The molecular weight excluding hydrogens is 277 g/mol. The third-order valence-electron chi connectivity index (χ3n) is 3.26.